The van der Waals surface area contributed by atoms with Crippen molar-refractivity contribution in [1.29, 1.82) is 5.26 Å². The predicted molar refractivity (Wildman–Crippen MR) is 62.0 cm³/mol. The van der Waals surface area contributed by atoms with Crippen LogP contribution in [0.5, 0.6) is 0 Å². The van der Waals surface area contributed by atoms with Gasteiger partial charge in [0.2, 0.25) is 5.91 Å². The second-order valence-corrected chi connectivity index (χ2v) is 4.37. The molecule has 1 atom stereocenters. The Bertz CT molecular complexity index is 485. The van der Waals surface area contributed by atoms with Crippen LogP contribution in [-0.4, -0.2) is 5.91 Å². The van der Waals surface area contributed by atoms with E-state index in [1.807, 2.05) is 13.8 Å². The average Bonchev–Trinajstić information content (AvgIpc) is 2.21. The Balaban J connectivity index is 2.40. The van der Waals surface area contributed by atoms with Crippen molar-refractivity contribution in [2.45, 2.75) is 26.7 Å². The molecular formula is C13H14N2O. The van der Waals surface area contributed by atoms with Crippen molar-refractivity contribution in [2.75, 3.05) is 5.32 Å². The van der Waals surface area contributed by atoms with Gasteiger partial charge < -0.3 is 5.32 Å². The molecule has 0 saturated heterocycles. The second-order valence-electron chi connectivity index (χ2n) is 4.37. The summed E-state index contributed by atoms with van der Waals surface area (Å²) in [7, 11) is 0. The molecule has 1 aromatic rings. The molecule has 16 heavy (non-hydrogen) atoms. The van der Waals surface area contributed by atoms with Crippen LogP contribution in [0.1, 0.15) is 23.1 Å². The van der Waals surface area contributed by atoms with Gasteiger partial charge in [-0.3, -0.25) is 4.79 Å². The summed E-state index contributed by atoms with van der Waals surface area (Å²) in [5, 5.41) is 11.6. The van der Waals surface area contributed by atoms with Gasteiger partial charge in [0, 0.05) is 12.1 Å². The Morgan fingerprint density at radius 1 is 1.50 bits per heavy atom. The summed E-state index contributed by atoms with van der Waals surface area (Å²) < 4.78 is 0. The first-order chi connectivity index (χ1) is 7.61. The first-order valence-corrected chi connectivity index (χ1v) is 5.39. The number of carbonyl (C=O) groups is 1. The molecule has 0 saturated carbocycles. The molecule has 1 unspecified atom stereocenters. The molecular weight excluding hydrogens is 200 g/mol. The summed E-state index contributed by atoms with van der Waals surface area (Å²) in [4.78, 5) is 11.7. The number of benzene rings is 1. The monoisotopic (exact) mass is 214 g/mol. The maximum Gasteiger partial charge on any atom is 0.228 e. The average molecular weight is 214 g/mol. The van der Waals surface area contributed by atoms with Gasteiger partial charge in [-0.1, -0.05) is 17.7 Å². The fraction of sp³-hybridized carbons (Fsp3) is 0.385. The van der Waals surface area contributed by atoms with E-state index in [0.29, 0.717) is 6.42 Å². The molecule has 82 valence electrons. The van der Waals surface area contributed by atoms with Gasteiger partial charge in [0.15, 0.2) is 0 Å². The Hall–Kier alpha value is -1.82. The van der Waals surface area contributed by atoms with Crippen molar-refractivity contribution >= 4 is 11.6 Å². The van der Waals surface area contributed by atoms with Crippen molar-refractivity contribution in [3.63, 3.8) is 0 Å². The lowest BCUT2D eigenvalue weighted by Gasteiger charge is -2.25. The van der Waals surface area contributed by atoms with Crippen LogP contribution in [0, 0.1) is 31.1 Å². The smallest absolute Gasteiger partial charge is 0.228 e. The van der Waals surface area contributed by atoms with Crippen LogP contribution in [0.25, 0.3) is 0 Å². The molecule has 1 aromatic carbocycles. The zero-order valence-corrected chi connectivity index (χ0v) is 9.50. The molecule has 1 aliphatic rings. The number of nitriles is 1. The first kappa shape index (κ1) is 10.7. The first-order valence-electron chi connectivity index (χ1n) is 5.39. The summed E-state index contributed by atoms with van der Waals surface area (Å²) in [6, 6.07) is 6.22. The third-order valence-electron chi connectivity index (χ3n) is 2.98. The Kier molecular flexibility index (Phi) is 2.66. The van der Waals surface area contributed by atoms with Gasteiger partial charge in [-0.25, -0.2) is 0 Å². The molecule has 2 rings (SSSR count). The summed E-state index contributed by atoms with van der Waals surface area (Å²) in [5.41, 5.74) is 4.38. The largest absolute Gasteiger partial charge is 0.325 e. The van der Waals surface area contributed by atoms with Crippen molar-refractivity contribution in [1.82, 2.24) is 0 Å². The van der Waals surface area contributed by atoms with Gasteiger partial charge in [-0.2, -0.15) is 5.26 Å². The van der Waals surface area contributed by atoms with E-state index in [1.54, 1.807) is 0 Å². The molecule has 0 radical (unpaired) electrons. The van der Waals surface area contributed by atoms with Crippen LogP contribution in [0.4, 0.5) is 5.69 Å². The van der Waals surface area contributed by atoms with Gasteiger partial charge in [-0.15, -0.1) is 0 Å². The van der Waals surface area contributed by atoms with Gasteiger partial charge in [0.25, 0.3) is 0 Å². The van der Waals surface area contributed by atoms with E-state index in [-0.39, 0.29) is 18.2 Å². The van der Waals surface area contributed by atoms with Crippen LogP contribution < -0.4 is 5.32 Å². The van der Waals surface area contributed by atoms with Gasteiger partial charge in [0.05, 0.1) is 12.0 Å². The number of hydrogen-bond donors (Lipinski definition) is 1. The topological polar surface area (TPSA) is 52.9 Å². The third kappa shape index (κ3) is 1.79. The Morgan fingerprint density at radius 2 is 2.25 bits per heavy atom. The molecule has 1 heterocycles. The van der Waals surface area contributed by atoms with Crippen molar-refractivity contribution in [2.24, 2.45) is 5.92 Å². The van der Waals surface area contributed by atoms with Crippen molar-refractivity contribution in [3.8, 4) is 6.07 Å². The highest BCUT2D eigenvalue weighted by molar-refractivity contribution is 5.96. The van der Waals surface area contributed by atoms with E-state index in [1.165, 1.54) is 5.56 Å². The van der Waals surface area contributed by atoms with E-state index in [9.17, 15) is 4.79 Å². The zero-order valence-electron chi connectivity index (χ0n) is 9.50. The number of amides is 1. The van der Waals surface area contributed by atoms with Crippen molar-refractivity contribution in [3.05, 3.63) is 28.8 Å². The molecule has 1 aliphatic heterocycles. The summed E-state index contributed by atoms with van der Waals surface area (Å²) in [5.74, 6) is -0.222. The van der Waals surface area contributed by atoms with Crippen LogP contribution in [-0.2, 0) is 11.2 Å². The quantitative estimate of drug-likeness (QED) is 0.780. The minimum atomic E-state index is -0.196. The van der Waals surface area contributed by atoms with Gasteiger partial charge in [-0.05, 0) is 31.4 Å². The molecule has 3 heteroatoms. The number of fused-ring (bicyclic) bond motifs is 1. The van der Waals surface area contributed by atoms with Crippen LogP contribution in [0.2, 0.25) is 0 Å². The van der Waals surface area contributed by atoms with Crippen LogP contribution in [0.3, 0.4) is 0 Å². The number of rotatable bonds is 1. The molecule has 0 bridgehead atoms. The number of carbonyl (C=O) groups excluding carboxylic acids is 1. The van der Waals surface area contributed by atoms with E-state index in [2.05, 4.69) is 23.5 Å². The highest BCUT2D eigenvalue weighted by Gasteiger charge is 2.26. The Morgan fingerprint density at radius 3 is 2.94 bits per heavy atom. The lowest BCUT2D eigenvalue weighted by Crippen LogP contribution is -2.30. The fourth-order valence-electron chi connectivity index (χ4n) is 2.25. The lowest BCUT2D eigenvalue weighted by atomic mass is 9.89. The maximum absolute atomic E-state index is 11.7. The highest BCUT2D eigenvalue weighted by Crippen LogP contribution is 2.30. The van der Waals surface area contributed by atoms with Gasteiger partial charge >= 0.3 is 0 Å². The van der Waals surface area contributed by atoms with Gasteiger partial charge in [0.1, 0.15) is 0 Å². The minimum absolute atomic E-state index is 0.0268. The number of nitrogens with zero attached hydrogens (tertiary/aromatic N) is 1. The Labute approximate surface area is 95.1 Å². The summed E-state index contributed by atoms with van der Waals surface area (Å²) >= 11 is 0. The molecule has 0 aliphatic carbocycles. The maximum atomic E-state index is 11.7. The standard InChI is InChI=1S/C13H14N2O/c1-8-5-9(2)12-11(6-8)7-10(3-4-14)13(16)15-12/h5-6,10H,3,7H2,1-2H3,(H,15,16). The number of hydrogen-bond acceptors (Lipinski definition) is 2. The zero-order chi connectivity index (χ0) is 11.7. The van der Waals surface area contributed by atoms with E-state index >= 15 is 0 Å². The number of anilines is 1. The summed E-state index contributed by atoms with van der Waals surface area (Å²) in [6.07, 6.45) is 0.968. The second kappa shape index (κ2) is 3.97. The fourth-order valence-corrected chi connectivity index (χ4v) is 2.25. The predicted octanol–water partition coefficient (Wildman–Crippen LogP) is 2.33. The summed E-state index contributed by atoms with van der Waals surface area (Å²) in [6.45, 7) is 4.04. The minimum Gasteiger partial charge on any atom is -0.325 e. The molecule has 0 aromatic heterocycles. The van der Waals surface area contributed by atoms with E-state index in [0.717, 1.165) is 16.8 Å². The van der Waals surface area contributed by atoms with Crippen LogP contribution in [0.15, 0.2) is 12.1 Å². The lowest BCUT2D eigenvalue weighted by molar-refractivity contribution is -0.120. The van der Waals surface area contributed by atoms with Crippen LogP contribution >= 0.6 is 0 Å². The third-order valence-corrected chi connectivity index (χ3v) is 2.98. The molecule has 0 fully saturated rings. The van der Waals surface area contributed by atoms with E-state index < -0.39 is 0 Å². The molecule has 1 N–H and O–H groups in total. The SMILES string of the molecule is Cc1cc(C)c2c(c1)CC(CC#N)C(=O)N2. The number of nitrogens with one attached hydrogen (secondary N) is 1. The van der Waals surface area contributed by atoms with Crippen molar-refractivity contribution < 1.29 is 4.79 Å². The molecule has 3 nitrogen and oxygen atoms in total. The highest BCUT2D eigenvalue weighted by atomic mass is 16.1. The number of aryl methyl sites for hydroxylation is 2. The van der Waals surface area contributed by atoms with E-state index in [4.69, 9.17) is 5.26 Å². The normalized spacial score (nSPS) is 18.6. The molecule has 0 spiro atoms. The molecule has 1 amide bonds.